The van der Waals surface area contributed by atoms with Crippen molar-refractivity contribution < 1.29 is 117 Å². The fourth-order valence-corrected chi connectivity index (χ4v) is 14.0. The van der Waals surface area contributed by atoms with Crippen LogP contribution in [0.4, 0.5) is 0 Å². The molecule has 3 fully saturated rings. The second-order valence-electron chi connectivity index (χ2n) is 28.4. The summed E-state index contributed by atoms with van der Waals surface area (Å²) in [5.74, 6) is -1.55. The minimum Gasteiger partial charge on any atom is -0.463 e. The topological polar surface area (TPSA) is 374 Å². The molecule has 0 amide bonds. The van der Waals surface area contributed by atoms with Crippen molar-refractivity contribution in [1.29, 1.82) is 0 Å². The van der Waals surface area contributed by atoms with Crippen LogP contribution in [0.3, 0.4) is 0 Å². The Balaban J connectivity index is 1.75. The molecule has 2 saturated heterocycles. The van der Waals surface area contributed by atoms with E-state index in [1.54, 1.807) is 6.08 Å². The predicted molar refractivity (Wildman–Crippen MR) is 379 cm³/mol. The maximum atomic E-state index is 14.3. The van der Waals surface area contributed by atoms with E-state index >= 15 is 0 Å². The maximum absolute atomic E-state index is 14.3. The standard InChI is InChI=1S/C75H137O24P/c1-5-8-11-14-17-19-21-23-25-27-29-31-33-40-45-50-61(79)94-56(52-91-59(77)48-43-39-35-34-37-42-47-55(4)46-41-36-16-13-10-7-3)53-93-100(89,90)99-73-71(97-74-69(87)64(82)62(80)57(51-76)95-74)67(85)66(84)68(86)72(73)98-75-70(88)65(83)63(81)58(96-75)54-92-60(78)49-44-38-32-30-28-26-24-22-20-18-15-12-9-6-2/h33,40,45,50,55-58,62-76,80-88H,5-32,34-39,41-44,46-49,51-54H2,1-4H3,(H,89,90)/b40-33+,50-45+. The highest BCUT2D eigenvalue weighted by molar-refractivity contribution is 7.47. The van der Waals surface area contributed by atoms with E-state index < -0.39 is 156 Å². The molecule has 0 aromatic heterocycles. The summed E-state index contributed by atoms with van der Waals surface area (Å²) in [6.45, 7) is 5.68. The van der Waals surface area contributed by atoms with Crippen molar-refractivity contribution in [1.82, 2.24) is 0 Å². The first kappa shape index (κ1) is 91.6. The summed E-state index contributed by atoms with van der Waals surface area (Å²) < 4.78 is 64.9. The van der Waals surface area contributed by atoms with Gasteiger partial charge in [0.2, 0.25) is 0 Å². The fourth-order valence-electron chi connectivity index (χ4n) is 13.0. The number of unbranched alkanes of at least 4 members (excludes halogenated alkanes) is 34. The highest BCUT2D eigenvalue weighted by atomic mass is 31.2. The molecule has 19 atom stereocenters. The number of aliphatic hydroxyl groups is 10. The monoisotopic (exact) mass is 1450 g/mol. The van der Waals surface area contributed by atoms with Gasteiger partial charge in [0.05, 0.1) is 13.2 Å². The van der Waals surface area contributed by atoms with Crippen LogP contribution in [0.1, 0.15) is 297 Å². The van der Waals surface area contributed by atoms with Crippen molar-refractivity contribution in [3.05, 3.63) is 24.3 Å². The van der Waals surface area contributed by atoms with Crippen molar-refractivity contribution in [2.45, 2.75) is 402 Å². The lowest BCUT2D eigenvalue weighted by Crippen LogP contribution is -2.69. The number of phosphoric acid groups is 1. The molecule has 0 aromatic carbocycles. The normalized spacial score (nSPS) is 27.8. The molecule has 1 aliphatic carbocycles. The molecule has 586 valence electrons. The summed E-state index contributed by atoms with van der Waals surface area (Å²) in [7, 11) is -5.72. The summed E-state index contributed by atoms with van der Waals surface area (Å²) >= 11 is 0. The summed E-state index contributed by atoms with van der Waals surface area (Å²) in [4.78, 5) is 51.0. The smallest absolute Gasteiger partial charge is 0.463 e. The number of carbonyl (C=O) groups excluding carboxylic acids is 3. The molecule has 2 aliphatic heterocycles. The SMILES string of the molecule is CCCCCCCCCCCCC/C=C/C=C/C(=O)OC(COC(=O)CCCCCCCCC(C)CCCCCCCC)COP(=O)(O)OC1C(OC2OC(CO)C(O)C(O)C2O)C(O)C(O)C(O)C1OC1OC(COC(=O)CCCCCCCCCCCCCCCC)C(O)C(O)C1O. The van der Waals surface area contributed by atoms with E-state index in [9.17, 15) is 74.9 Å². The zero-order valence-electron chi connectivity index (χ0n) is 61.4. The molecule has 0 bridgehead atoms. The number of carbonyl (C=O) groups is 3. The summed E-state index contributed by atoms with van der Waals surface area (Å²) in [6.07, 6.45) is 15.9. The largest absolute Gasteiger partial charge is 0.472 e. The van der Waals surface area contributed by atoms with Gasteiger partial charge in [-0.25, -0.2) is 9.36 Å². The van der Waals surface area contributed by atoms with Crippen LogP contribution in [0.25, 0.3) is 0 Å². The summed E-state index contributed by atoms with van der Waals surface area (Å²) in [6, 6.07) is 0. The Morgan fingerprint density at radius 1 is 0.440 bits per heavy atom. The van der Waals surface area contributed by atoms with Crippen molar-refractivity contribution in [3.8, 4) is 0 Å². The maximum Gasteiger partial charge on any atom is 0.472 e. The lowest BCUT2D eigenvalue weighted by atomic mass is 9.84. The molecule has 24 nitrogen and oxygen atoms in total. The Bertz CT molecular complexity index is 2180. The van der Waals surface area contributed by atoms with E-state index in [0.717, 1.165) is 96.0 Å². The van der Waals surface area contributed by atoms with E-state index in [1.807, 2.05) is 6.08 Å². The Kier molecular flexibility index (Phi) is 51.2. The zero-order valence-corrected chi connectivity index (χ0v) is 62.3. The molecule has 1 saturated carbocycles. The highest BCUT2D eigenvalue weighted by Gasteiger charge is 2.58. The van der Waals surface area contributed by atoms with Gasteiger partial charge in [0.25, 0.3) is 0 Å². The van der Waals surface area contributed by atoms with Gasteiger partial charge in [-0.15, -0.1) is 0 Å². The first-order chi connectivity index (χ1) is 48.2. The number of ether oxygens (including phenoxy) is 7. The molecule has 19 unspecified atom stereocenters. The second-order valence-corrected chi connectivity index (χ2v) is 29.8. The van der Waals surface area contributed by atoms with Crippen molar-refractivity contribution >= 4 is 25.7 Å². The van der Waals surface area contributed by atoms with Crippen molar-refractivity contribution in [2.24, 2.45) is 5.92 Å². The minimum atomic E-state index is -5.72. The van der Waals surface area contributed by atoms with E-state index in [-0.39, 0.29) is 12.8 Å². The molecule has 0 radical (unpaired) electrons. The van der Waals surface area contributed by atoms with E-state index in [1.165, 1.54) is 160 Å². The van der Waals surface area contributed by atoms with Gasteiger partial charge < -0.3 is 89.1 Å². The first-order valence-corrected chi connectivity index (χ1v) is 40.5. The number of hydrogen-bond donors (Lipinski definition) is 11. The van der Waals surface area contributed by atoms with Gasteiger partial charge >= 0.3 is 25.7 Å². The lowest BCUT2D eigenvalue weighted by Gasteiger charge is -2.49. The number of aliphatic hydroxyl groups excluding tert-OH is 10. The average Bonchev–Trinajstić information content (AvgIpc) is 0.762. The Hall–Kier alpha value is -2.56. The van der Waals surface area contributed by atoms with Crippen LogP contribution in [-0.4, -0.2) is 204 Å². The van der Waals surface area contributed by atoms with Gasteiger partial charge in [-0.3, -0.25) is 18.6 Å². The van der Waals surface area contributed by atoms with Gasteiger partial charge in [-0.1, -0.05) is 277 Å². The van der Waals surface area contributed by atoms with Gasteiger partial charge in [0.15, 0.2) is 18.7 Å². The van der Waals surface area contributed by atoms with E-state index in [0.29, 0.717) is 18.8 Å². The minimum absolute atomic E-state index is 0.0263. The third-order valence-electron chi connectivity index (χ3n) is 19.5. The zero-order chi connectivity index (χ0) is 73.3. The Morgan fingerprint density at radius 2 is 0.820 bits per heavy atom. The van der Waals surface area contributed by atoms with Gasteiger partial charge in [0, 0.05) is 18.9 Å². The predicted octanol–water partition coefficient (Wildman–Crippen LogP) is 11.2. The van der Waals surface area contributed by atoms with Gasteiger partial charge in [0.1, 0.15) is 98.7 Å². The van der Waals surface area contributed by atoms with E-state index in [4.69, 9.17) is 42.2 Å². The number of phosphoric ester groups is 1. The molecule has 3 rings (SSSR count). The number of allylic oxidation sites excluding steroid dienone is 3. The summed E-state index contributed by atoms with van der Waals surface area (Å²) in [5.41, 5.74) is 0. The van der Waals surface area contributed by atoms with Crippen LogP contribution < -0.4 is 0 Å². The van der Waals surface area contributed by atoms with E-state index in [2.05, 4.69) is 27.7 Å². The number of rotatable bonds is 60. The lowest BCUT2D eigenvalue weighted by molar-refractivity contribution is -0.360. The van der Waals surface area contributed by atoms with Crippen molar-refractivity contribution in [3.63, 3.8) is 0 Å². The number of hydrogen-bond acceptors (Lipinski definition) is 23. The van der Waals surface area contributed by atoms with Gasteiger partial charge in [-0.2, -0.15) is 0 Å². The molecule has 25 heteroatoms. The Labute approximate surface area is 598 Å². The average molecular weight is 1450 g/mol. The molecule has 100 heavy (non-hydrogen) atoms. The van der Waals surface area contributed by atoms with Crippen LogP contribution in [-0.2, 0) is 61.2 Å². The highest BCUT2D eigenvalue weighted by Crippen LogP contribution is 2.49. The third kappa shape index (κ3) is 38.6. The molecular formula is C75H137O24P. The first-order valence-electron chi connectivity index (χ1n) is 39.1. The molecule has 11 N–H and O–H groups in total. The second kappa shape index (κ2) is 55.8. The Morgan fingerprint density at radius 3 is 1.26 bits per heavy atom. The third-order valence-corrected chi connectivity index (χ3v) is 20.5. The molecule has 0 aromatic rings. The summed E-state index contributed by atoms with van der Waals surface area (Å²) in [5, 5.41) is 110. The molecular weight excluding hydrogens is 1320 g/mol. The molecule has 2 heterocycles. The van der Waals surface area contributed by atoms with Crippen molar-refractivity contribution in [2.75, 3.05) is 26.4 Å². The molecule has 3 aliphatic rings. The molecule has 0 spiro atoms. The van der Waals surface area contributed by atoms with Crippen LogP contribution in [0, 0.1) is 5.92 Å². The van der Waals surface area contributed by atoms with Crippen LogP contribution in [0.5, 0.6) is 0 Å². The van der Waals surface area contributed by atoms with Crippen LogP contribution >= 0.6 is 7.82 Å². The van der Waals surface area contributed by atoms with Crippen LogP contribution in [0.15, 0.2) is 24.3 Å². The van der Waals surface area contributed by atoms with Gasteiger partial charge in [-0.05, 0) is 31.6 Å². The number of esters is 3. The quantitative estimate of drug-likeness (QED) is 0.00673. The van der Waals surface area contributed by atoms with Crippen LogP contribution in [0.2, 0.25) is 0 Å². The fraction of sp³-hybridized carbons (Fsp3) is 0.907.